The number of ether oxygens (including phenoxy) is 1. The first-order valence-corrected chi connectivity index (χ1v) is 11.3. The first kappa shape index (κ1) is 21.9. The highest BCUT2D eigenvalue weighted by atomic mass is 127. The van der Waals surface area contributed by atoms with E-state index in [0.29, 0.717) is 23.5 Å². The number of fused-ring (bicyclic) bond motifs is 1. The van der Waals surface area contributed by atoms with Crippen molar-refractivity contribution < 1.29 is 20.1 Å². The number of nitrogens with one attached hydrogen (secondary N) is 1. The fourth-order valence-electron chi connectivity index (χ4n) is 3.38. The first-order chi connectivity index (χ1) is 14.4. The molecule has 10 nitrogen and oxygen atoms in total. The van der Waals surface area contributed by atoms with E-state index in [1.807, 2.05) is 0 Å². The number of hydrogen-bond donors (Lipinski definition) is 5. The summed E-state index contributed by atoms with van der Waals surface area (Å²) in [5.41, 5.74) is 8.94. The number of nitrogen functional groups attached to an aromatic ring is 1. The third-order valence-corrected chi connectivity index (χ3v) is 6.78. The molecule has 2 aromatic heterocycles. The van der Waals surface area contributed by atoms with Crippen LogP contribution in [0.1, 0.15) is 11.8 Å². The van der Waals surface area contributed by atoms with E-state index in [9.17, 15) is 15.3 Å². The van der Waals surface area contributed by atoms with Gasteiger partial charge in [0.15, 0.2) is 23.2 Å². The Balaban J connectivity index is 1.51. The number of imidazole rings is 1. The normalized spacial score (nSPS) is 23.9. The molecule has 1 fully saturated rings. The van der Waals surface area contributed by atoms with E-state index in [2.05, 4.69) is 77.6 Å². The summed E-state index contributed by atoms with van der Waals surface area (Å²) in [5.74, 6) is 0.560. The van der Waals surface area contributed by atoms with E-state index >= 15 is 0 Å². The Kier molecular flexibility index (Phi) is 6.59. The summed E-state index contributed by atoms with van der Waals surface area (Å²) in [6.07, 6.45) is -0.512. The Bertz CT molecular complexity index is 1040. The molecule has 1 aliphatic rings. The van der Waals surface area contributed by atoms with Crippen LogP contribution in [0.4, 0.5) is 11.5 Å². The van der Waals surface area contributed by atoms with Crippen LogP contribution in [0.3, 0.4) is 0 Å². The van der Waals surface area contributed by atoms with Crippen LogP contribution in [-0.2, 0) is 11.2 Å². The number of benzene rings is 1. The van der Waals surface area contributed by atoms with Crippen molar-refractivity contribution in [1.82, 2.24) is 19.5 Å². The molecule has 4 atom stereocenters. The van der Waals surface area contributed by atoms with Crippen molar-refractivity contribution in [2.75, 3.05) is 24.2 Å². The van der Waals surface area contributed by atoms with Crippen LogP contribution >= 0.6 is 45.2 Å². The zero-order valence-electron chi connectivity index (χ0n) is 15.6. The van der Waals surface area contributed by atoms with Gasteiger partial charge in [0.05, 0.1) is 18.6 Å². The maximum atomic E-state index is 10.3. The molecule has 3 heterocycles. The Hall–Kier alpha value is -1.33. The minimum Gasteiger partial charge on any atom is -0.397 e. The second-order valence-electron chi connectivity index (χ2n) is 6.93. The number of hydrogen-bond acceptors (Lipinski definition) is 9. The minimum atomic E-state index is -1.21. The molecule has 0 spiro atoms. The van der Waals surface area contributed by atoms with Crippen LogP contribution < -0.4 is 11.1 Å². The topological polar surface area (TPSA) is 152 Å². The molecular weight excluding hydrogens is 618 g/mol. The zero-order valence-corrected chi connectivity index (χ0v) is 19.9. The molecule has 0 radical (unpaired) electrons. The third-order valence-electron chi connectivity index (χ3n) is 5.00. The summed E-state index contributed by atoms with van der Waals surface area (Å²) in [6.45, 7) is 0.231. The van der Waals surface area contributed by atoms with Crippen molar-refractivity contribution in [1.29, 1.82) is 0 Å². The van der Waals surface area contributed by atoms with Crippen molar-refractivity contribution in [3.8, 4) is 0 Å². The number of nitrogens with zero attached hydrogens (tertiary/aromatic N) is 4. The van der Waals surface area contributed by atoms with E-state index in [0.717, 1.165) is 24.8 Å². The molecule has 1 saturated heterocycles. The Labute approximate surface area is 199 Å². The summed E-state index contributed by atoms with van der Waals surface area (Å²) in [4.78, 5) is 12.9. The Morgan fingerprint density at radius 1 is 1.13 bits per heavy atom. The number of aliphatic hydroxyl groups excluding tert-OH is 3. The van der Waals surface area contributed by atoms with Crippen LogP contribution in [0.25, 0.3) is 11.2 Å². The summed E-state index contributed by atoms with van der Waals surface area (Å²) in [6, 6.07) is 4.12. The molecule has 1 aliphatic heterocycles. The van der Waals surface area contributed by atoms with Gasteiger partial charge in [-0.25, -0.2) is 15.0 Å². The SMILES string of the molecule is Nc1c(I)cc(CCNc2ncnc3c2ncn3[C@@H]2O[C@H](CO)[C@@H](O)[C@H]2O)cc1I. The zero-order chi connectivity index (χ0) is 21.4. The van der Waals surface area contributed by atoms with Gasteiger partial charge in [-0.05, 0) is 69.3 Å². The Morgan fingerprint density at radius 3 is 2.53 bits per heavy atom. The highest BCUT2D eigenvalue weighted by molar-refractivity contribution is 14.1. The second-order valence-corrected chi connectivity index (χ2v) is 9.25. The van der Waals surface area contributed by atoms with Gasteiger partial charge in [0.2, 0.25) is 0 Å². The molecule has 3 aromatic rings. The van der Waals surface area contributed by atoms with Gasteiger partial charge < -0.3 is 31.1 Å². The summed E-state index contributed by atoms with van der Waals surface area (Å²) < 4.78 is 9.17. The first-order valence-electron chi connectivity index (χ1n) is 9.18. The molecule has 0 saturated carbocycles. The lowest BCUT2D eigenvalue weighted by Gasteiger charge is -2.16. The second kappa shape index (κ2) is 9.04. The predicted molar refractivity (Wildman–Crippen MR) is 127 cm³/mol. The number of anilines is 2. The van der Waals surface area contributed by atoms with Gasteiger partial charge in [0, 0.05) is 13.7 Å². The molecule has 0 amide bonds. The highest BCUT2D eigenvalue weighted by Crippen LogP contribution is 2.32. The lowest BCUT2D eigenvalue weighted by Crippen LogP contribution is -2.33. The smallest absolute Gasteiger partial charge is 0.167 e. The van der Waals surface area contributed by atoms with Gasteiger partial charge in [-0.2, -0.15) is 0 Å². The molecule has 4 rings (SSSR count). The van der Waals surface area contributed by atoms with Crippen molar-refractivity contribution >= 4 is 67.9 Å². The average Bonchev–Trinajstić information content (AvgIpc) is 3.28. The molecule has 160 valence electrons. The monoisotopic (exact) mass is 638 g/mol. The van der Waals surface area contributed by atoms with Crippen LogP contribution in [0.2, 0.25) is 0 Å². The summed E-state index contributed by atoms with van der Waals surface area (Å²) in [5, 5.41) is 32.9. The number of rotatable bonds is 6. The highest BCUT2D eigenvalue weighted by Gasteiger charge is 2.44. The fraction of sp³-hybridized carbons (Fsp3) is 0.389. The maximum absolute atomic E-state index is 10.3. The van der Waals surface area contributed by atoms with Crippen LogP contribution in [0.15, 0.2) is 24.8 Å². The molecular formula is C18H20I2N6O4. The third kappa shape index (κ3) is 4.08. The van der Waals surface area contributed by atoms with Crippen LogP contribution in [0, 0.1) is 7.14 Å². The van der Waals surface area contributed by atoms with Crippen molar-refractivity contribution in [3.05, 3.63) is 37.5 Å². The lowest BCUT2D eigenvalue weighted by molar-refractivity contribution is -0.0511. The summed E-state index contributed by atoms with van der Waals surface area (Å²) >= 11 is 4.46. The minimum absolute atomic E-state index is 0.397. The van der Waals surface area contributed by atoms with Gasteiger partial charge in [0.1, 0.15) is 24.6 Å². The molecule has 30 heavy (non-hydrogen) atoms. The van der Waals surface area contributed by atoms with Crippen LogP contribution in [0.5, 0.6) is 0 Å². The predicted octanol–water partition coefficient (Wildman–Crippen LogP) is 0.884. The number of aliphatic hydroxyl groups is 3. The van der Waals surface area contributed by atoms with E-state index in [4.69, 9.17) is 10.5 Å². The summed E-state index contributed by atoms with van der Waals surface area (Å²) in [7, 11) is 0. The molecule has 0 aliphatic carbocycles. The lowest BCUT2D eigenvalue weighted by atomic mass is 10.1. The standard InChI is InChI=1S/C18H20I2N6O4/c19-9-3-8(4-10(20)12(9)21)1-2-22-16-13-17(24-6-23-16)26(7-25-13)18-15(29)14(28)11(5-27)30-18/h3-4,6-7,11,14-15,18,27-29H,1-2,5,21H2,(H,22,23,24)/t11-,14-,15-,18-/m1/s1. The van der Waals surface area contributed by atoms with Crippen molar-refractivity contribution in [3.63, 3.8) is 0 Å². The molecule has 0 bridgehead atoms. The van der Waals surface area contributed by atoms with Crippen molar-refractivity contribution in [2.24, 2.45) is 0 Å². The van der Waals surface area contributed by atoms with Gasteiger partial charge in [0.25, 0.3) is 0 Å². The van der Waals surface area contributed by atoms with Crippen molar-refractivity contribution in [2.45, 2.75) is 31.0 Å². The largest absolute Gasteiger partial charge is 0.397 e. The van der Waals surface area contributed by atoms with E-state index in [1.165, 1.54) is 17.2 Å². The van der Waals surface area contributed by atoms with Gasteiger partial charge in [-0.1, -0.05) is 0 Å². The Morgan fingerprint density at radius 2 is 1.87 bits per heavy atom. The quantitative estimate of drug-likeness (QED) is 0.196. The fourth-order valence-corrected chi connectivity index (χ4v) is 5.28. The molecule has 1 aromatic carbocycles. The van der Waals surface area contributed by atoms with Crippen LogP contribution in [-0.4, -0.2) is 66.3 Å². The van der Waals surface area contributed by atoms with Gasteiger partial charge in [-0.3, -0.25) is 4.57 Å². The maximum Gasteiger partial charge on any atom is 0.167 e. The van der Waals surface area contributed by atoms with Gasteiger partial charge in [-0.15, -0.1) is 0 Å². The average molecular weight is 638 g/mol. The van der Waals surface area contributed by atoms with E-state index < -0.39 is 31.1 Å². The van der Waals surface area contributed by atoms with E-state index in [-0.39, 0.29) is 0 Å². The number of nitrogens with two attached hydrogens (primary N) is 1. The molecule has 12 heteroatoms. The van der Waals surface area contributed by atoms with Gasteiger partial charge >= 0.3 is 0 Å². The van der Waals surface area contributed by atoms with E-state index in [1.54, 1.807) is 0 Å². The number of halogens is 2. The molecule has 0 unspecified atom stereocenters. The molecule has 6 N–H and O–H groups in total. The number of aromatic nitrogens is 4.